The summed E-state index contributed by atoms with van der Waals surface area (Å²) in [7, 11) is 0. The Bertz CT molecular complexity index is 1050. The molecule has 0 bridgehead atoms. The van der Waals surface area contributed by atoms with Crippen LogP contribution in [-0.2, 0) is 4.74 Å². The number of nitrogens with zero attached hydrogens (tertiary/aromatic N) is 4. The third-order valence-corrected chi connectivity index (χ3v) is 6.08. The fourth-order valence-corrected chi connectivity index (χ4v) is 4.42. The SMILES string of the molecule is CCC(c1nc2c(cnn2C2CCOCC2)c(=O)[nH]1)N1CC(Oc2ccccc2)C1. The normalized spacial score (nSPS) is 19.6. The van der Waals surface area contributed by atoms with Crippen LogP contribution >= 0.6 is 0 Å². The summed E-state index contributed by atoms with van der Waals surface area (Å²) in [6.45, 7) is 5.19. The predicted molar refractivity (Wildman–Crippen MR) is 113 cm³/mol. The minimum atomic E-state index is -0.121. The molecule has 2 aliphatic rings. The lowest BCUT2D eigenvalue weighted by Gasteiger charge is -2.43. The maximum Gasteiger partial charge on any atom is 0.262 e. The van der Waals surface area contributed by atoms with E-state index in [1.807, 2.05) is 35.0 Å². The standard InChI is InChI=1S/C22H27N5O3/c1-2-19(26-13-17(14-26)30-16-6-4-3-5-7-16)20-24-21-18(22(28)25-20)12-23-27(21)15-8-10-29-11-9-15/h3-7,12,15,17,19H,2,8-11,13-14H2,1H3,(H,24,25,28). The van der Waals surface area contributed by atoms with Gasteiger partial charge in [-0.05, 0) is 31.4 Å². The van der Waals surface area contributed by atoms with E-state index in [1.54, 1.807) is 6.20 Å². The molecule has 0 amide bonds. The molecule has 2 saturated heterocycles. The molecule has 30 heavy (non-hydrogen) atoms. The first-order valence-corrected chi connectivity index (χ1v) is 10.7. The maximum atomic E-state index is 12.7. The monoisotopic (exact) mass is 409 g/mol. The van der Waals surface area contributed by atoms with Crippen molar-refractivity contribution in [1.82, 2.24) is 24.6 Å². The molecule has 8 nitrogen and oxygen atoms in total. The van der Waals surface area contributed by atoms with Gasteiger partial charge in [0, 0.05) is 26.3 Å². The average Bonchev–Trinajstić information content (AvgIpc) is 3.18. The molecular formula is C22H27N5O3. The Morgan fingerprint density at radius 3 is 2.73 bits per heavy atom. The highest BCUT2D eigenvalue weighted by atomic mass is 16.5. The smallest absolute Gasteiger partial charge is 0.262 e. The van der Waals surface area contributed by atoms with Crippen LogP contribution in [-0.4, -0.2) is 57.1 Å². The van der Waals surface area contributed by atoms with E-state index in [0.29, 0.717) is 16.9 Å². The number of hydrogen-bond donors (Lipinski definition) is 1. The first-order chi connectivity index (χ1) is 14.7. The largest absolute Gasteiger partial charge is 0.488 e. The number of ether oxygens (including phenoxy) is 2. The Kier molecular flexibility index (Phi) is 5.26. The number of benzene rings is 1. The van der Waals surface area contributed by atoms with Crippen molar-refractivity contribution >= 4 is 11.0 Å². The minimum Gasteiger partial charge on any atom is -0.488 e. The minimum absolute atomic E-state index is 0.0516. The molecule has 0 radical (unpaired) electrons. The molecule has 5 rings (SSSR count). The number of likely N-dealkylation sites (tertiary alicyclic amines) is 1. The zero-order chi connectivity index (χ0) is 20.5. The maximum absolute atomic E-state index is 12.7. The molecule has 4 heterocycles. The molecule has 0 spiro atoms. The van der Waals surface area contributed by atoms with Gasteiger partial charge < -0.3 is 14.5 Å². The van der Waals surface area contributed by atoms with Gasteiger partial charge in [-0.3, -0.25) is 9.69 Å². The summed E-state index contributed by atoms with van der Waals surface area (Å²) < 4.78 is 13.4. The Morgan fingerprint density at radius 1 is 1.23 bits per heavy atom. The molecule has 2 aromatic heterocycles. The second-order valence-corrected chi connectivity index (χ2v) is 8.05. The van der Waals surface area contributed by atoms with Crippen molar-refractivity contribution in [2.75, 3.05) is 26.3 Å². The van der Waals surface area contributed by atoms with Crippen LogP contribution in [0.2, 0.25) is 0 Å². The lowest BCUT2D eigenvalue weighted by Crippen LogP contribution is -2.55. The molecule has 1 unspecified atom stereocenters. The van der Waals surface area contributed by atoms with Gasteiger partial charge in [-0.25, -0.2) is 9.67 Å². The number of H-pyrrole nitrogens is 1. The van der Waals surface area contributed by atoms with Crippen molar-refractivity contribution in [3.05, 3.63) is 52.7 Å². The third kappa shape index (κ3) is 3.61. The van der Waals surface area contributed by atoms with Crippen LogP contribution in [0.15, 0.2) is 41.3 Å². The summed E-state index contributed by atoms with van der Waals surface area (Å²) in [5.74, 6) is 1.60. The second-order valence-electron chi connectivity index (χ2n) is 8.05. The molecular weight excluding hydrogens is 382 g/mol. The van der Waals surface area contributed by atoms with Gasteiger partial charge in [0.25, 0.3) is 5.56 Å². The quantitative estimate of drug-likeness (QED) is 0.674. The number of aromatic nitrogens is 4. The Balaban J connectivity index is 1.36. The van der Waals surface area contributed by atoms with E-state index in [0.717, 1.165) is 51.3 Å². The molecule has 0 aliphatic carbocycles. The van der Waals surface area contributed by atoms with Crippen molar-refractivity contribution < 1.29 is 9.47 Å². The van der Waals surface area contributed by atoms with Crippen molar-refractivity contribution in [1.29, 1.82) is 0 Å². The zero-order valence-electron chi connectivity index (χ0n) is 17.2. The van der Waals surface area contributed by atoms with Gasteiger partial charge in [0.2, 0.25) is 0 Å². The summed E-state index contributed by atoms with van der Waals surface area (Å²) in [4.78, 5) is 22.9. The van der Waals surface area contributed by atoms with E-state index in [9.17, 15) is 4.79 Å². The van der Waals surface area contributed by atoms with Gasteiger partial charge in [0.05, 0.1) is 18.3 Å². The van der Waals surface area contributed by atoms with E-state index in [2.05, 4.69) is 21.9 Å². The topological polar surface area (TPSA) is 85.3 Å². The fraction of sp³-hybridized carbons (Fsp3) is 0.500. The van der Waals surface area contributed by atoms with Crippen molar-refractivity contribution in [2.45, 2.75) is 44.4 Å². The van der Waals surface area contributed by atoms with Gasteiger partial charge in [-0.1, -0.05) is 25.1 Å². The molecule has 8 heteroatoms. The van der Waals surface area contributed by atoms with Gasteiger partial charge in [-0.2, -0.15) is 5.10 Å². The molecule has 2 fully saturated rings. The molecule has 1 atom stereocenters. The molecule has 3 aromatic rings. The summed E-state index contributed by atoms with van der Waals surface area (Å²) in [5, 5.41) is 5.04. The van der Waals surface area contributed by atoms with Crippen LogP contribution in [0, 0.1) is 0 Å². The van der Waals surface area contributed by atoms with Crippen molar-refractivity contribution in [3.8, 4) is 5.75 Å². The van der Waals surface area contributed by atoms with E-state index in [1.165, 1.54) is 0 Å². The van der Waals surface area contributed by atoms with Crippen LogP contribution in [0.4, 0.5) is 0 Å². The molecule has 2 aliphatic heterocycles. The first-order valence-electron chi connectivity index (χ1n) is 10.7. The highest BCUT2D eigenvalue weighted by Crippen LogP contribution is 2.29. The predicted octanol–water partition coefficient (Wildman–Crippen LogP) is 2.69. The van der Waals surface area contributed by atoms with Gasteiger partial charge in [-0.15, -0.1) is 0 Å². The summed E-state index contributed by atoms with van der Waals surface area (Å²) in [6, 6.07) is 10.2. The summed E-state index contributed by atoms with van der Waals surface area (Å²) in [5.41, 5.74) is 0.557. The highest BCUT2D eigenvalue weighted by Gasteiger charge is 2.35. The van der Waals surface area contributed by atoms with Gasteiger partial charge in [0.1, 0.15) is 23.1 Å². The van der Waals surface area contributed by atoms with Crippen LogP contribution < -0.4 is 10.3 Å². The van der Waals surface area contributed by atoms with Crippen molar-refractivity contribution in [2.24, 2.45) is 0 Å². The van der Waals surface area contributed by atoms with Gasteiger partial charge >= 0.3 is 0 Å². The number of nitrogens with one attached hydrogen (secondary N) is 1. The lowest BCUT2D eigenvalue weighted by molar-refractivity contribution is -0.0134. The average molecular weight is 409 g/mol. The number of rotatable bonds is 6. The Hall–Kier alpha value is -2.71. The van der Waals surface area contributed by atoms with E-state index in [4.69, 9.17) is 14.5 Å². The van der Waals surface area contributed by atoms with E-state index in [-0.39, 0.29) is 23.7 Å². The molecule has 1 aromatic carbocycles. The fourth-order valence-electron chi connectivity index (χ4n) is 4.42. The first kappa shape index (κ1) is 19.3. The van der Waals surface area contributed by atoms with Crippen LogP contribution in [0.1, 0.15) is 44.1 Å². The summed E-state index contributed by atoms with van der Waals surface area (Å²) in [6.07, 6.45) is 4.43. The highest BCUT2D eigenvalue weighted by molar-refractivity contribution is 5.73. The lowest BCUT2D eigenvalue weighted by atomic mass is 10.0. The van der Waals surface area contributed by atoms with Gasteiger partial charge in [0.15, 0.2) is 5.65 Å². The molecule has 0 saturated carbocycles. The van der Waals surface area contributed by atoms with Crippen LogP contribution in [0.3, 0.4) is 0 Å². The third-order valence-electron chi connectivity index (χ3n) is 6.08. The number of aromatic amines is 1. The Labute approximate surface area is 174 Å². The van der Waals surface area contributed by atoms with E-state index < -0.39 is 0 Å². The Morgan fingerprint density at radius 2 is 2.00 bits per heavy atom. The second kappa shape index (κ2) is 8.20. The van der Waals surface area contributed by atoms with Crippen molar-refractivity contribution in [3.63, 3.8) is 0 Å². The van der Waals surface area contributed by atoms with Crippen LogP contribution in [0.5, 0.6) is 5.75 Å². The summed E-state index contributed by atoms with van der Waals surface area (Å²) >= 11 is 0. The zero-order valence-corrected chi connectivity index (χ0v) is 17.2. The number of fused-ring (bicyclic) bond motifs is 1. The number of para-hydroxylation sites is 1. The van der Waals surface area contributed by atoms with E-state index >= 15 is 0 Å². The molecule has 158 valence electrons. The molecule has 1 N–H and O–H groups in total. The number of hydrogen-bond acceptors (Lipinski definition) is 6. The van der Waals surface area contributed by atoms with Crippen LogP contribution in [0.25, 0.3) is 11.0 Å².